The number of ether oxygens (including phenoxy) is 2. The lowest BCUT2D eigenvalue weighted by atomic mass is 9.95. The predicted molar refractivity (Wildman–Crippen MR) is 119 cm³/mol. The molecule has 0 aliphatic heterocycles. The zero-order valence-corrected chi connectivity index (χ0v) is 18.4. The van der Waals surface area contributed by atoms with Crippen molar-refractivity contribution < 1.29 is 14.3 Å². The molecule has 164 valence electrons. The smallest absolute Gasteiger partial charge is 0.305 e. The number of benzene rings is 1. The predicted octanol–water partition coefficient (Wildman–Crippen LogP) is 3.86. The summed E-state index contributed by atoms with van der Waals surface area (Å²) in [5, 5.41) is 0. The maximum absolute atomic E-state index is 11.3. The van der Waals surface area contributed by atoms with E-state index >= 15 is 0 Å². The van der Waals surface area contributed by atoms with E-state index in [1.54, 1.807) is 6.20 Å². The van der Waals surface area contributed by atoms with Crippen LogP contribution in [-0.2, 0) is 28.8 Å². The molecule has 1 aromatic carbocycles. The van der Waals surface area contributed by atoms with Crippen molar-refractivity contribution in [3.8, 4) is 5.75 Å². The Morgan fingerprint density at radius 1 is 1.03 bits per heavy atom. The average Bonchev–Trinajstić information content (AvgIpc) is 2.71. The molecule has 0 radical (unpaired) electrons. The van der Waals surface area contributed by atoms with Gasteiger partial charge in [0.25, 0.3) is 0 Å². The number of unbranched alkanes of at least 4 members (excludes halogenated alkanes) is 1. The number of hydrogen-bond acceptors (Lipinski definition) is 7. The molecule has 2 rings (SSSR count). The Labute approximate surface area is 179 Å². The van der Waals surface area contributed by atoms with Crippen molar-refractivity contribution in [2.24, 2.45) is 0 Å². The summed E-state index contributed by atoms with van der Waals surface area (Å²) in [4.78, 5) is 19.4. The highest BCUT2D eigenvalue weighted by Crippen LogP contribution is 2.30. The minimum absolute atomic E-state index is 0.177. The van der Waals surface area contributed by atoms with E-state index in [1.165, 1.54) is 23.8 Å². The number of aromatic nitrogens is 2. The average molecular weight is 415 g/mol. The number of methoxy groups -OCH3 is 1. The third-order valence-corrected chi connectivity index (χ3v) is 4.90. The third-order valence-electron chi connectivity index (χ3n) is 4.90. The third kappa shape index (κ3) is 6.90. The second-order valence-corrected chi connectivity index (χ2v) is 7.44. The van der Waals surface area contributed by atoms with Crippen molar-refractivity contribution >= 4 is 17.7 Å². The Morgan fingerprint density at radius 3 is 2.27 bits per heavy atom. The Bertz CT molecular complexity index is 812. The first-order valence-corrected chi connectivity index (χ1v) is 10.7. The fourth-order valence-corrected chi connectivity index (χ4v) is 3.46. The van der Waals surface area contributed by atoms with Gasteiger partial charge in [0, 0.05) is 24.6 Å². The van der Waals surface area contributed by atoms with Crippen LogP contribution in [0.2, 0.25) is 0 Å². The summed E-state index contributed by atoms with van der Waals surface area (Å²) in [6, 6.07) is 4.39. The molecule has 2 aromatic rings. The molecule has 0 bridgehead atoms. The SMILES string of the molecule is CCCc1cc(Cc2cnc(N)nc2N)cc(CCC)c1OCCCCC(=O)OC. The fraction of sp³-hybridized carbons (Fsp3) is 0.522. The highest BCUT2D eigenvalue weighted by Gasteiger charge is 2.14. The first kappa shape index (κ1) is 23.4. The molecular weight excluding hydrogens is 380 g/mol. The first-order chi connectivity index (χ1) is 14.5. The summed E-state index contributed by atoms with van der Waals surface area (Å²) in [5.74, 6) is 1.42. The highest BCUT2D eigenvalue weighted by atomic mass is 16.5. The van der Waals surface area contributed by atoms with E-state index in [-0.39, 0.29) is 11.9 Å². The fourth-order valence-electron chi connectivity index (χ4n) is 3.46. The molecule has 7 heteroatoms. The van der Waals surface area contributed by atoms with E-state index in [2.05, 4.69) is 40.7 Å². The number of carbonyl (C=O) groups excluding carboxylic acids is 1. The lowest BCUT2D eigenvalue weighted by molar-refractivity contribution is -0.140. The van der Waals surface area contributed by atoms with Crippen molar-refractivity contribution in [2.75, 3.05) is 25.2 Å². The largest absolute Gasteiger partial charge is 0.493 e. The molecule has 0 saturated heterocycles. The lowest BCUT2D eigenvalue weighted by Gasteiger charge is -2.18. The molecule has 1 heterocycles. The number of nitrogens with two attached hydrogens (primary N) is 2. The van der Waals surface area contributed by atoms with Crippen LogP contribution in [0.4, 0.5) is 11.8 Å². The van der Waals surface area contributed by atoms with Crippen LogP contribution >= 0.6 is 0 Å². The Kier molecular flexibility index (Phi) is 9.38. The summed E-state index contributed by atoms with van der Waals surface area (Å²) in [6.45, 7) is 4.92. The molecule has 0 fully saturated rings. The van der Waals surface area contributed by atoms with E-state index in [0.717, 1.165) is 49.8 Å². The summed E-state index contributed by atoms with van der Waals surface area (Å²) >= 11 is 0. The van der Waals surface area contributed by atoms with Crippen molar-refractivity contribution in [2.45, 2.75) is 65.2 Å². The summed E-state index contributed by atoms with van der Waals surface area (Å²) in [7, 11) is 1.42. The van der Waals surface area contributed by atoms with Crippen LogP contribution in [0.3, 0.4) is 0 Å². The van der Waals surface area contributed by atoms with Gasteiger partial charge in [0.1, 0.15) is 11.6 Å². The van der Waals surface area contributed by atoms with Gasteiger partial charge in [-0.3, -0.25) is 4.79 Å². The van der Waals surface area contributed by atoms with E-state index in [4.69, 9.17) is 16.2 Å². The maximum Gasteiger partial charge on any atom is 0.305 e. The van der Waals surface area contributed by atoms with Crippen LogP contribution in [0, 0.1) is 0 Å². The minimum Gasteiger partial charge on any atom is -0.493 e. The second kappa shape index (κ2) is 12.0. The second-order valence-electron chi connectivity index (χ2n) is 7.44. The van der Waals surface area contributed by atoms with Crippen LogP contribution in [0.5, 0.6) is 5.75 Å². The van der Waals surface area contributed by atoms with Crippen LogP contribution in [0.25, 0.3) is 0 Å². The van der Waals surface area contributed by atoms with Gasteiger partial charge in [0.05, 0.1) is 13.7 Å². The summed E-state index contributed by atoms with van der Waals surface area (Å²) < 4.78 is 10.9. The monoisotopic (exact) mass is 414 g/mol. The summed E-state index contributed by atoms with van der Waals surface area (Å²) in [6.07, 6.45) is 8.28. The van der Waals surface area contributed by atoms with Crippen LogP contribution in [-0.4, -0.2) is 29.7 Å². The Morgan fingerprint density at radius 2 is 1.70 bits per heavy atom. The number of aryl methyl sites for hydroxylation is 2. The van der Waals surface area contributed by atoms with Gasteiger partial charge >= 0.3 is 5.97 Å². The number of nitrogens with zero attached hydrogens (tertiary/aromatic N) is 2. The molecule has 0 aliphatic rings. The number of hydrogen-bond donors (Lipinski definition) is 2. The van der Waals surface area contributed by atoms with Gasteiger partial charge in [0.15, 0.2) is 0 Å². The maximum atomic E-state index is 11.3. The number of nitrogen functional groups attached to an aromatic ring is 2. The number of carbonyl (C=O) groups is 1. The van der Waals surface area contributed by atoms with Crippen molar-refractivity contribution in [3.63, 3.8) is 0 Å². The van der Waals surface area contributed by atoms with Gasteiger partial charge in [-0.1, -0.05) is 38.8 Å². The van der Waals surface area contributed by atoms with Crippen LogP contribution in [0.1, 0.15) is 68.2 Å². The normalized spacial score (nSPS) is 10.8. The van der Waals surface area contributed by atoms with E-state index in [0.29, 0.717) is 25.3 Å². The van der Waals surface area contributed by atoms with Gasteiger partial charge in [-0.25, -0.2) is 4.98 Å². The Balaban J connectivity index is 2.20. The molecule has 0 amide bonds. The molecule has 0 atom stereocenters. The van der Waals surface area contributed by atoms with E-state index in [1.807, 2.05) is 0 Å². The topological polar surface area (TPSA) is 113 Å². The molecule has 0 spiro atoms. The molecule has 30 heavy (non-hydrogen) atoms. The van der Waals surface area contributed by atoms with Crippen molar-refractivity contribution in [1.82, 2.24) is 9.97 Å². The minimum atomic E-state index is -0.177. The van der Waals surface area contributed by atoms with E-state index in [9.17, 15) is 4.79 Å². The van der Waals surface area contributed by atoms with Crippen molar-refractivity contribution in [3.05, 3.63) is 40.6 Å². The molecule has 7 nitrogen and oxygen atoms in total. The van der Waals surface area contributed by atoms with Crippen LogP contribution in [0.15, 0.2) is 18.3 Å². The molecule has 0 aliphatic carbocycles. The van der Waals surface area contributed by atoms with Gasteiger partial charge in [0.2, 0.25) is 5.95 Å². The van der Waals surface area contributed by atoms with Gasteiger partial charge in [-0.2, -0.15) is 4.98 Å². The quantitative estimate of drug-likeness (QED) is 0.400. The molecule has 0 saturated carbocycles. The lowest BCUT2D eigenvalue weighted by Crippen LogP contribution is -2.08. The first-order valence-electron chi connectivity index (χ1n) is 10.7. The zero-order valence-electron chi connectivity index (χ0n) is 18.4. The number of rotatable bonds is 12. The standard InChI is InChI=1S/C23H34N4O3/c1-4-8-17-12-16(14-19-15-26-23(25)27-22(19)24)13-18(9-5-2)21(17)30-11-7-6-10-20(28)29-3/h12-13,15H,4-11,14H2,1-3H3,(H4,24,25,26,27). The number of anilines is 2. The zero-order chi connectivity index (χ0) is 21.9. The summed E-state index contributed by atoms with van der Waals surface area (Å²) in [5.41, 5.74) is 16.1. The van der Waals surface area contributed by atoms with E-state index < -0.39 is 0 Å². The molecular formula is C23H34N4O3. The van der Waals surface area contributed by atoms with Crippen LogP contribution < -0.4 is 16.2 Å². The molecule has 0 unspecified atom stereocenters. The highest BCUT2D eigenvalue weighted by molar-refractivity contribution is 5.68. The van der Waals surface area contributed by atoms with Crippen molar-refractivity contribution in [1.29, 1.82) is 0 Å². The van der Waals surface area contributed by atoms with Gasteiger partial charge in [-0.05, 0) is 42.4 Å². The molecule has 4 N–H and O–H groups in total. The van der Waals surface area contributed by atoms with Gasteiger partial charge < -0.3 is 20.9 Å². The molecule has 1 aromatic heterocycles. The van der Waals surface area contributed by atoms with Gasteiger partial charge in [-0.15, -0.1) is 0 Å². The Hall–Kier alpha value is -2.83. The number of esters is 1.